The van der Waals surface area contributed by atoms with E-state index < -0.39 is 10.0 Å². The minimum absolute atomic E-state index is 0.212. The Morgan fingerprint density at radius 1 is 1.19 bits per heavy atom. The summed E-state index contributed by atoms with van der Waals surface area (Å²) in [5, 5.41) is 6.64. The molecule has 27 heavy (non-hydrogen) atoms. The average molecular weight is 402 g/mol. The van der Waals surface area contributed by atoms with Crippen molar-refractivity contribution >= 4 is 21.9 Å². The van der Waals surface area contributed by atoms with Gasteiger partial charge in [0.2, 0.25) is 15.9 Å². The zero-order valence-corrected chi connectivity index (χ0v) is 17.5. The van der Waals surface area contributed by atoms with Gasteiger partial charge in [0.15, 0.2) is 5.96 Å². The van der Waals surface area contributed by atoms with Crippen LogP contribution in [0.3, 0.4) is 0 Å². The normalized spacial score (nSPS) is 22.1. The highest BCUT2D eigenvalue weighted by molar-refractivity contribution is 7.88. The van der Waals surface area contributed by atoms with Gasteiger partial charge in [0.1, 0.15) is 0 Å². The fraction of sp³-hybridized carbons (Fsp3) is 0.889. The summed E-state index contributed by atoms with van der Waals surface area (Å²) >= 11 is 0. The van der Waals surface area contributed by atoms with Gasteiger partial charge >= 0.3 is 0 Å². The van der Waals surface area contributed by atoms with E-state index >= 15 is 0 Å². The van der Waals surface area contributed by atoms with Crippen molar-refractivity contribution in [2.75, 3.05) is 39.0 Å². The fourth-order valence-electron chi connectivity index (χ4n) is 3.73. The van der Waals surface area contributed by atoms with Crippen molar-refractivity contribution in [3.8, 4) is 0 Å². The number of likely N-dealkylation sites (tertiary alicyclic amines) is 1. The Hall–Kier alpha value is -1.35. The Morgan fingerprint density at radius 2 is 1.93 bits per heavy atom. The molecule has 0 spiro atoms. The molecule has 0 bridgehead atoms. The van der Waals surface area contributed by atoms with E-state index in [1.165, 1.54) is 19.3 Å². The van der Waals surface area contributed by atoms with Gasteiger partial charge < -0.3 is 15.5 Å². The maximum atomic E-state index is 12.7. The second-order valence-corrected chi connectivity index (χ2v) is 9.36. The number of nitrogens with zero attached hydrogens (tertiary/aromatic N) is 2. The molecular weight excluding hydrogens is 366 g/mol. The monoisotopic (exact) mass is 401 g/mol. The number of hydrogen-bond acceptors (Lipinski definition) is 4. The zero-order valence-electron chi connectivity index (χ0n) is 16.7. The molecule has 1 unspecified atom stereocenters. The van der Waals surface area contributed by atoms with Crippen LogP contribution < -0.4 is 15.4 Å². The van der Waals surface area contributed by atoms with Crippen LogP contribution in [0.1, 0.15) is 51.9 Å². The first-order valence-electron chi connectivity index (χ1n) is 10.2. The third-order valence-electron chi connectivity index (χ3n) is 5.11. The predicted octanol–water partition coefficient (Wildman–Crippen LogP) is 0.662. The maximum Gasteiger partial charge on any atom is 0.225 e. The van der Waals surface area contributed by atoms with Gasteiger partial charge in [0, 0.05) is 44.7 Å². The molecule has 9 heteroatoms. The van der Waals surface area contributed by atoms with Crippen molar-refractivity contribution in [1.82, 2.24) is 20.3 Å². The van der Waals surface area contributed by atoms with E-state index in [1.807, 2.05) is 11.8 Å². The molecule has 1 saturated carbocycles. The van der Waals surface area contributed by atoms with Crippen LogP contribution in [0.15, 0.2) is 4.99 Å². The lowest BCUT2D eigenvalue weighted by molar-refractivity contribution is -0.135. The summed E-state index contributed by atoms with van der Waals surface area (Å²) in [7, 11) is -3.14. The lowest BCUT2D eigenvalue weighted by atomic mass is 9.88. The molecule has 2 rings (SSSR count). The average Bonchev–Trinajstić information content (AvgIpc) is 3.09. The summed E-state index contributed by atoms with van der Waals surface area (Å²) in [6.45, 7) is 5.23. The van der Waals surface area contributed by atoms with Crippen LogP contribution in [0, 0.1) is 5.92 Å². The lowest BCUT2D eigenvalue weighted by Crippen LogP contribution is -2.45. The SMILES string of the molecule is CCNC(=NCCCNS(C)(=O)=O)NC1CCN(C(=O)C2CCCCC2)C1. The number of amides is 1. The third-order valence-corrected chi connectivity index (χ3v) is 5.84. The number of aliphatic imine (C=N–C) groups is 1. The summed E-state index contributed by atoms with van der Waals surface area (Å²) in [5.74, 6) is 1.28. The van der Waals surface area contributed by atoms with Crippen LogP contribution in [-0.2, 0) is 14.8 Å². The Morgan fingerprint density at radius 3 is 2.59 bits per heavy atom. The van der Waals surface area contributed by atoms with E-state index in [4.69, 9.17) is 0 Å². The van der Waals surface area contributed by atoms with Gasteiger partial charge in [-0.05, 0) is 32.6 Å². The first-order chi connectivity index (χ1) is 12.9. The molecule has 2 aliphatic rings. The Bertz CT molecular complexity index is 602. The first-order valence-corrected chi connectivity index (χ1v) is 12.1. The second-order valence-electron chi connectivity index (χ2n) is 7.53. The highest BCUT2D eigenvalue weighted by Gasteiger charge is 2.31. The molecule has 0 aromatic carbocycles. The zero-order chi connectivity index (χ0) is 19.7. The summed E-state index contributed by atoms with van der Waals surface area (Å²) in [4.78, 5) is 19.2. The van der Waals surface area contributed by atoms with Crippen LogP contribution in [0.2, 0.25) is 0 Å². The van der Waals surface area contributed by atoms with Crippen LogP contribution in [0.25, 0.3) is 0 Å². The molecule has 1 heterocycles. The topological polar surface area (TPSA) is 103 Å². The van der Waals surface area contributed by atoms with Gasteiger partial charge in [-0.15, -0.1) is 0 Å². The van der Waals surface area contributed by atoms with Gasteiger partial charge in [0.05, 0.1) is 6.26 Å². The van der Waals surface area contributed by atoms with Crippen LogP contribution in [0.5, 0.6) is 0 Å². The molecule has 1 saturated heterocycles. The highest BCUT2D eigenvalue weighted by atomic mass is 32.2. The van der Waals surface area contributed by atoms with Crippen molar-refractivity contribution < 1.29 is 13.2 Å². The van der Waals surface area contributed by atoms with Crippen molar-refractivity contribution in [3.05, 3.63) is 0 Å². The van der Waals surface area contributed by atoms with Crippen molar-refractivity contribution in [2.24, 2.45) is 10.9 Å². The van der Waals surface area contributed by atoms with Gasteiger partial charge in [-0.25, -0.2) is 13.1 Å². The summed E-state index contributed by atoms with van der Waals surface area (Å²) in [6, 6.07) is 0.212. The second kappa shape index (κ2) is 10.8. The van der Waals surface area contributed by atoms with E-state index in [2.05, 4.69) is 20.3 Å². The first kappa shape index (κ1) is 21.9. The number of carbonyl (C=O) groups excluding carboxylic acids is 1. The Balaban J connectivity index is 1.76. The smallest absolute Gasteiger partial charge is 0.225 e. The van der Waals surface area contributed by atoms with Crippen molar-refractivity contribution in [2.45, 2.75) is 57.9 Å². The molecule has 1 aliphatic carbocycles. The van der Waals surface area contributed by atoms with E-state index in [1.54, 1.807) is 0 Å². The summed E-state index contributed by atoms with van der Waals surface area (Å²) in [6.07, 6.45) is 8.42. The molecule has 1 aliphatic heterocycles. The molecule has 3 N–H and O–H groups in total. The third kappa shape index (κ3) is 8.04. The van der Waals surface area contributed by atoms with E-state index in [9.17, 15) is 13.2 Å². The number of guanidine groups is 1. The van der Waals surface area contributed by atoms with Gasteiger partial charge in [-0.3, -0.25) is 9.79 Å². The minimum Gasteiger partial charge on any atom is -0.357 e. The number of carbonyl (C=O) groups is 1. The molecule has 1 amide bonds. The molecule has 8 nitrogen and oxygen atoms in total. The quantitative estimate of drug-likeness (QED) is 0.315. The number of hydrogen-bond donors (Lipinski definition) is 3. The van der Waals surface area contributed by atoms with Crippen molar-refractivity contribution in [1.29, 1.82) is 0 Å². The lowest BCUT2D eigenvalue weighted by Gasteiger charge is -2.26. The largest absolute Gasteiger partial charge is 0.357 e. The van der Waals surface area contributed by atoms with Gasteiger partial charge in [-0.2, -0.15) is 0 Å². The van der Waals surface area contributed by atoms with Gasteiger partial charge in [-0.1, -0.05) is 19.3 Å². The molecule has 1 atom stereocenters. The van der Waals surface area contributed by atoms with E-state index in [0.29, 0.717) is 25.4 Å². The number of rotatable bonds is 8. The van der Waals surface area contributed by atoms with Crippen LogP contribution in [-0.4, -0.2) is 70.2 Å². The minimum atomic E-state index is -3.14. The molecule has 0 radical (unpaired) electrons. The van der Waals surface area contributed by atoms with Crippen molar-refractivity contribution in [3.63, 3.8) is 0 Å². The number of sulfonamides is 1. The molecule has 156 valence electrons. The Kier molecular flexibility index (Phi) is 8.82. The van der Waals surface area contributed by atoms with Gasteiger partial charge in [0.25, 0.3) is 0 Å². The number of nitrogens with one attached hydrogen (secondary N) is 3. The summed E-state index contributed by atoms with van der Waals surface area (Å²) in [5.41, 5.74) is 0. The Labute approximate surface area is 163 Å². The molecule has 0 aromatic rings. The van der Waals surface area contributed by atoms with E-state index in [-0.39, 0.29) is 12.0 Å². The highest BCUT2D eigenvalue weighted by Crippen LogP contribution is 2.26. The van der Waals surface area contributed by atoms with Crippen LogP contribution in [0.4, 0.5) is 0 Å². The molecule has 0 aromatic heterocycles. The standard InChI is InChI=1S/C18H35N5O3S/c1-3-19-18(20-11-7-12-21-27(2,25)26)22-16-10-13-23(14-16)17(24)15-8-5-4-6-9-15/h15-16,21H,3-14H2,1-2H3,(H2,19,20,22). The molecular formula is C18H35N5O3S. The molecule has 2 fully saturated rings. The predicted molar refractivity (Wildman–Crippen MR) is 108 cm³/mol. The fourth-order valence-corrected chi connectivity index (χ4v) is 4.24. The van der Waals surface area contributed by atoms with Crippen LogP contribution >= 0.6 is 0 Å². The summed E-state index contributed by atoms with van der Waals surface area (Å²) < 4.78 is 24.6. The maximum absolute atomic E-state index is 12.7. The van der Waals surface area contributed by atoms with E-state index in [0.717, 1.165) is 51.1 Å².